The van der Waals surface area contributed by atoms with Crippen LogP contribution in [0.25, 0.3) is 0 Å². The molecule has 0 saturated carbocycles. The predicted octanol–water partition coefficient (Wildman–Crippen LogP) is 0.857. The van der Waals surface area contributed by atoms with Gasteiger partial charge in [-0.05, 0) is 17.7 Å². The van der Waals surface area contributed by atoms with Crippen molar-refractivity contribution in [2.75, 3.05) is 26.2 Å². The number of hydrogen-bond donors (Lipinski definition) is 2. The van der Waals surface area contributed by atoms with Gasteiger partial charge in [0.2, 0.25) is 0 Å². The van der Waals surface area contributed by atoms with Gasteiger partial charge in [-0.1, -0.05) is 12.1 Å². The van der Waals surface area contributed by atoms with Crippen LogP contribution in [0.2, 0.25) is 0 Å². The molecule has 2 N–H and O–H groups in total. The van der Waals surface area contributed by atoms with Gasteiger partial charge in [0.25, 0.3) is 0 Å². The largest absolute Gasteiger partial charge is 0.480 e. The molecule has 5 heteroatoms. The Morgan fingerprint density at radius 2 is 1.88 bits per heavy atom. The lowest BCUT2D eigenvalue weighted by Gasteiger charge is -2.32. The lowest BCUT2D eigenvalue weighted by atomic mass is 10.0. The number of carboxylic acid groups (broad SMARTS) is 1. The lowest BCUT2D eigenvalue weighted by Crippen LogP contribution is -2.47. The van der Waals surface area contributed by atoms with Gasteiger partial charge in [0, 0.05) is 26.2 Å². The van der Waals surface area contributed by atoms with E-state index in [1.165, 1.54) is 24.3 Å². The summed E-state index contributed by atoms with van der Waals surface area (Å²) < 4.78 is 12.8. The van der Waals surface area contributed by atoms with Crippen molar-refractivity contribution in [3.05, 3.63) is 35.6 Å². The molecule has 0 aromatic heterocycles. The van der Waals surface area contributed by atoms with Crippen molar-refractivity contribution < 1.29 is 14.3 Å². The standard InChI is InChI=1S/C12H15FN2O2/c13-10-3-1-9(2-4-10)11(12(16)17)15-7-5-14-6-8-15/h1-4,11,14H,5-8H2,(H,16,17)/t11-/m0/s1. The number of benzene rings is 1. The van der Waals surface area contributed by atoms with Gasteiger partial charge in [-0.25, -0.2) is 4.39 Å². The molecule has 1 aromatic rings. The van der Waals surface area contributed by atoms with E-state index in [1.807, 2.05) is 4.90 Å². The Hall–Kier alpha value is -1.46. The fraction of sp³-hybridized carbons (Fsp3) is 0.417. The molecular formula is C12H15FN2O2. The van der Waals surface area contributed by atoms with Crippen molar-refractivity contribution >= 4 is 5.97 Å². The van der Waals surface area contributed by atoms with Crippen molar-refractivity contribution in [1.82, 2.24) is 10.2 Å². The van der Waals surface area contributed by atoms with Crippen LogP contribution in [0.4, 0.5) is 4.39 Å². The third kappa shape index (κ3) is 2.81. The third-order valence-electron chi connectivity index (χ3n) is 2.94. The van der Waals surface area contributed by atoms with Crippen LogP contribution in [-0.2, 0) is 4.79 Å². The number of nitrogens with zero attached hydrogens (tertiary/aromatic N) is 1. The van der Waals surface area contributed by atoms with Crippen LogP contribution in [0, 0.1) is 5.82 Å². The average Bonchev–Trinajstić information content (AvgIpc) is 2.33. The zero-order valence-corrected chi connectivity index (χ0v) is 9.40. The topological polar surface area (TPSA) is 52.6 Å². The van der Waals surface area contributed by atoms with Crippen molar-refractivity contribution in [1.29, 1.82) is 0 Å². The molecule has 1 aromatic carbocycles. The molecule has 0 aliphatic carbocycles. The van der Waals surface area contributed by atoms with E-state index in [0.29, 0.717) is 18.7 Å². The summed E-state index contributed by atoms with van der Waals surface area (Å²) >= 11 is 0. The highest BCUT2D eigenvalue weighted by Gasteiger charge is 2.28. The maximum Gasteiger partial charge on any atom is 0.325 e. The van der Waals surface area contributed by atoms with E-state index in [9.17, 15) is 14.3 Å². The van der Waals surface area contributed by atoms with E-state index in [0.717, 1.165) is 13.1 Å². The van der Waals surface area contributed by atoms with Crippen molar-refractivity contribution in [2.24, 2.45) is 0 Å². The molecule has 17 heavy (non-hydrogen) atoms. The van der Waals surface area contributed by atoms with Crippen molar-refractivity contribution in [3.63, 3.8) is 0 Å². The number of carbonyl (C=O) groups is 1. The summed E-state index contributed by atoms with van der Waals surface area (Å²) in [6.07, 6.45) is 0. The van der Waals surface area contributed by atoms with Gasteiger partial charge in [-0.15, -0.1) is 0 Å². The lowest BCUT2D eigenvalue weighted by molar-refractivity contribution is -0.143. The fourth-order valence-corrected chi connectivity index (χ4v) is 2.09. The average molecular weight is 238 g/mol. The second kappa shape index (κ2) is 5.25. The minimum absolute atomic E-state index is 0.349. The summed E-state index contributed by atoms with van der Waals surface area (Å²) in [5.74, 6) is -1.24. The number of aliphatic carboxylic acids is 1. The Kier molecular flexibility index (Phi) is 3.71. The second-order valence-corrected chi connectivity index (χ2v) is 4.08. The molecule has 1 heterocycles. The highest BCUT2D eigenvalue weighted by atomic mass is 19.1. The molecule has 0 radical (unpaired) electrons. The first kappa shape index (κ1) is 12.0. The van der Waals surface area contributed by atoms with Crippen LogP contribution in [0.5, 0.6) is 0 Å². The molecule has 0 bridgehead atoms. The molecule has 1 aliphatic rings. The van der Waals surface area contributed by atoms with E-state index in [2.05, 4.69) is 5.32 Å². The molecule has 1 fully saturated rings. The summed E-state index contributed by atoms with van der Waals surface area (Å²) in [5, 5.41) is 12.5. The zero-order valence-electron chi connectivity index (χ0n) is 9.40. The Labute approximate surface area is 99.0 Å². The van der Waals surface area contributed by atoms with Crippen molar-refractivity contribution in [2.45, 2.75) is 6.04 Å². The number of nitrogens with one attached hydrogen (secondary N) is 1. The minimum atomic E-state index is -0.890. The molecule has 1 saturated heterocycles. The van der Waals surface area contributed by atoms with Crippen LogP contribution in [-0.4, -0.2) is 42.2 Å². The maximum absolute atomic E-state index is 12.8. The van der Waals surface area contributed by atoms with E-state index in [1.54, 1.807) is 0 Å². The molecule has 0 amide bonds. The van der Waals surface area contributed by atoms with E-state index < -0.39 is 12.0 Å². The molecule has 1 aliphatic heterocycles. The van der Waals surface area contributed by atoms with Gasteiger partial charge in [0.05, 0.1) is 0 Å². The highest BCUT2D eigenvalue weighted by molar-refractivity contribution is 5.75. The maximum atomic E-state index is 12.8. The van der Waals surface area contributed by atoms with Crippen LogP contribution in [0.3, 0.4) is 0 Å². The minimum Gasteiger partial charge on any atom is -0.480 e. The quantitative estimate of drug-likeness (QED) is 0.820. The van der Waals surface area contributed by atoms with Crippen LogP contribution < -0.4 is 5.32 Å². The van der Waals surface area contributed by atoms with Gasteiger partial charge >= 0.3 is 5.97 Å². The second-order valence-electron chi connectivity index (χ2n) is 4.08. The Morgan fingerprint density at radius 3 is 2.41 bits per heavy atom. The molecule has 4 nitrogen and oxygen atoms in total. The van der Waals surface area contributed by atoms with E-state index in [-0.39, 0.29) is 5.82 Å². The normalized spacial score (nSPS) is 18.9. The summed E-state index contributed by atoms with van der Waals surface area (Å²) in [7, 11) is 0. The predicted molar refractivity (Wildman–Crippen MR) is 61.2 cm³/mol. The first-order valence-corrected chi connectivity index (χ1v) is 5.61. The van der Waals surface area contributed by atoms with E-state index >= 15 is 0 Å². The smallest absolute Gasteiger partial charge is 0.325 e. The summed E-state index contributed by atoms with van der Waals surface area (Å²) in [6.45, 7) is 2.94. The Balaban J connectivity index is 2.21. The molecular weight excluding hydrogens is 223 g/mol. The molecule has 92 valence electrons. The van der Waals surface area contributed by atoms with Crippen LogP contribution >= 0.6 is 0 Å². The number of rotatable bonds is 3. The number of halogens is 1. The molecule has 1 atom stereocenters. The van der Waals surface area contributed by atoms with Crippen LogP contribution in [0.15, 0.2) is 24.3 Å². The third-order valence-corrected chi connectivity index (χ3v) is 2.94. The monoisotopic (exact) mass is 238 g/mol. The first-order valence-electron chi connectivity index (χ1n) is 5.61. The van der Waals surface area contributed by atoms with Gasteiger partial charge < -0.3 is 10.4 Å². The van der Waals surface area contributed by atoms with Gasteiger partial charge in [-0.3, -0.25) is 9.69 Å². The van der Waals surface area contributed by atoms with Gasteiger partial charge in [-0.2, -0.15) is 0 Å². The first-order chi connectivity index (χ1) is 8.18. The van der Waals surface area contributed by atoms with Gasteiger partial charge in [0.15, 0.2) is 0 Å². The fourth-order valence-electron chi connectivity index (χ4n) is 2.09. The highest BCUT2D eigenvalue weighted by Crippen LogP contribution is 2.21. The molecule has 0 spiro atoms. The van der Waals surface area contributed by atoms with E-state index in [4.69, 9.17) is 0 Å². The number of piperazine rings is 1. The van der Waals surface area contributed by atoms with Crippen LogP contribution in [0.1, 0.15) is 11.6 Å². The number of carboxylic acids is 1. The SMILES string of the molecule is O=C(O)[C@H](c1ccc(F)cc1)N1CCNCC1. The van der Waals surface area contributed by atoms with Gasteiger partial charge in [0.1, 0.15) is 11.9 Å². The summed E-state index contributed by atoms with van der Waals surface area (Å²) in [6, 6.07) is 4.99. The summed E-state index contributed by atoms with van der Waals surface area (Å²) in [4.78, 5) is 13.2. The molecule has 2 rings (SSSR count). The summed E-state index contributed by atoms with van der Waals surface area (Å²) in [5.41, 5.74) is 0.626. The Bertz CT molecular complexity index is 388. The zero-order chi connectivity index (χ0) is 12.3. The number of hydrogen-bond acceptors (Lipinski definition) is 3. The Morgan fingerprint density at radius 1 is 1.29 bits per heavy atom. The van der Waals surface area contributed by atoms with Crippen molar-refractivity contribution in [3.8, 4) is 0 Å². The molecule has 0 unspecified atom stereocenters.